The molecule has 18 heavy (non-hydrogen) atoms. The van der Waals surface area contributed by atoms with E-state index in [4.69, 9.17) is 16.3 Å². The van der Waals surface area contributed by atoms with Gasteiger partial charge in [0.2, 0.25) is 5.91 Å². The van der Waals surface area contributed by atoms with Crippen molar-refractivity contribution in [3.8, 4) is 0 Å². The summed E-state index contributed by atoms with van der Waals surface area (Å²) in [5.41, 5.74) is 0.240. The average molecular weight is 272 g/mol. The molecule has 0 spiro atoms. The van der Waals surface area contributed by atoms with E-state index in [0.717, 1.165) is 0 Å². The highest BCUT2D eigenvalue weighted by Gasteiger charge is 2.11. The Balaban J connectivity index is 2.38. The SMILES string of the molecule is COCCNC(=O)CNC(=O)c1cnccc1Cl. The van der Waals surface area contributed by atoms with Crippen LogP contribution in [0.5, 0.6) is 0 Å². The monoisotopic (exact) mass is 271 g/mol. The van der Waals surface area contributed by atoms with Gasteiger partial charge in [0.25, 0.3) is 5.91 Å². The highest BCUT2D eigenvalue weighted by atomic mass is 35.5. The zero-order valence-corrected chi connectivity index (χ0v) is 10.7. The Labute approximate surface area is 110 Å². The lowest BCUT2D eigenvalue weighted by Gasteiger charge is -2.07. The molecule has 0 aliphatic heterocycles. The van der Waals surface area contributed by atoms with Gasteiger partial charge < -0.3 is 15.4 Å². The van der Waals surface area contributed by atoms with E-state index in [1.165, 1.54) is 18.5 Å². The van der Waals surface area contributed by atoms with Crippen molar-refractivity contribution in [2.24, 2.45) is 0 Å². The maximum Gasteiger partial charge on any atom is 0.254 e. The van der Waals surface area contributed by atoms with Crippen LogP contribution >= 0.6 is 11.6 Å². The number of methoxy groups -OCH3 is 1. The van der Waals surface area contributed by atoms with Crippen LogP contribution in [0.2, 0.25) is 5.02 Å². The topological polar surface area (TPSA) is 80.3 Å². The number of carbonyl (C=O) groups is 2. The van der Waals surface area contributed by atoms with Crippen LogP contribution in [0.4, 0.5) is 0 Å². The molecule has 1 aromatic rings. The van der Waals surface area contributed by atoms with Crippen LogP contribution in [0.25, 0.3) is 0 Å². The van der Waals surface area contributed by atoms with Crippen LogP contribution in [0.1, 0.15) is 10.4 Å². The highest BCUT2D eigenvalue weighted by Crippen LogP contribution is 2.12. The van der Waals surface area contributed by atoms with Gasteiger partial charge in [-0.1, -0.05) is 11.6 Å². The molecule has 2 N–H and O–H groups in total. The molecule has 7 heteroatoms. The summed E-state index contributed by atoms with van der Waals surface area (Å²) in [4.78, 5) is 26.8. The fourth-order valence-electron chi connectivity index (χ4n) is 1.16. The molecule has 0 fully saturated rings. The minimum absolute atomic E-state index is 0.117. The minimum atomic E-state index is -0.435. The summed E-state index contributed by atoms with van der Waals surface area (Å²) in [7, 11) is 1.54. The van der Waals surface area contributed by atoms with E-state index in [2.05, 4.69) is 15.6 Å². The Bertz CT molecular complexity index is 426. The van der Waals surface area contributed by atoms with Crippen LogP contribution in [0, 0.1) is 0 Å². The second kappa shape index (κ2) is 7.62. The predicted octanol–water partition coefficient (Wildman–Crippen LogP) is 0.227. The summed E-state index contributed by atoms with van der Waals surface area (Å²) in [6, 6.07) is 1.51. The molecule has 0 saturated carbocycles. The van der Waals surface area contributed by atoms with Gasteiger partial charge in [0.05, 0.1) is 23.7 Å². The van der Waals surface area contributed by atoms with Crippen LogP contribution < -0.4 is 10.6 Å². The van der Waals surface area contributed by atoms with Crippen molar-refractivity contribution in [1.82, 2.24) is 15.6 Å². The lowest BCUT2D eigenvalue weighted by molar-refractivity contribution is -0.120. The lowest BCUT2D eigenvalue weighted by atomic mass is 10.2. The molecule has 0 radical (unpaired) electrons. The molecule has 1 heterocycles. The molecular formula is C11H14ClN3O3. The summed E-state index contributed by atoms with van der Waals surface area (Å²) in [5.74, 6) is -0.726. The Kier molecular flexibility index (Phi) is 6.10. The zero-order chi connectivity index (χ0) is 13.4. The predicted molar refractivity (Wildman–Crippen MR) is 66.5 cm³/mol. The number of rotatable bonds is 6. The molecule has 0 bridgehead atoms. The third kappa shape index (κ3) is 4.68. The smallest absolute Gasteiger partial charge is 0.254 e. The van der Waals surface area contributed by atoms with Crippen molar-refractivity contribution >= 4 is 23.4 Å². The summed E-state index contributed by atoms with van der Waals surface area (Å²) >= 11 is 5.82. The third-order valence-electron chi connectivity index (χ3n) is 2.05. The Morgan fingerprint density at radius 3 is 2.89 bits per heavy atom. The molecule has 0 saturated heterocycles. The van der Waals surface area contributed by atoms with Gasteiger partial charge in [0.15, 0.2) is 0 Å². The van der Waals surface area contributed by atoms with Gasteiger partial charge in [0, 0.05) is 26.0 Å². The second-order valence-electron chi connectivity index (χ2n) is 3.38. The van der Waals surface area contributed by atoms with Crippen LogP contribution in [0.3, 0.4) is 0 Å². The zero-order valence-electron chi connectivity index (χ0n) is 9.90. The van der Waals surface area contributed by atoms with E-state index in [1.54, 1.807) is 7.11 Å². The van der Waals surface area contributed by atoms with Gasteiger partial charge in [-0.15, -0.1) is 0 Å². The maximum atomic E-state index is 11.7. The number of carbonyl (C=O) groups excluding carboxylic acids is 2. The standard InChI is InChI=1S/C11H14ClN3O3/c1-18-5-4-14-10(16)7-15-11(17)8-6-13-3-2-9(8)12/h2-3,6H,4-5,7H2,1H3,(H,14,16)(H,15,17). The van der Waals surface area contributed by atoms with E-state index in [1.807, 2.05) is 0 Å². The molecule has 6 nitrogen and oxygen atoms in total. The minimum Gasteiger partial charge on any atom is -0.383 e. The van der Waals surface area contributed by atoms with Crippen molar-refractivity contribution in [2.75, 3.05) is 26.8 Å². The van der Waals surface area contributed by atoms with Gasteiger partial charge in [-0.3, -0.25) is 14.6 Å². The van der Waals surface area contributed by atoms with Crippen molar-refractivity contribution < 1.29 is 14.3 Å². The molecule has 0 unspecified atom stereocenters. The fourth-order valence-corrected chi connectivity index (χ4v) is 1.35. The van der Waals surface area contributed by atoms with E-state index in [9.17, 15) is 9.59 Å². The lowest BCUT2D eigenvalue weighted by Crippen LogP contribution is -2.38. The number of amides is 2. The number of halogens is 1. The summed E-state index contributed by atoms with van der Waals surface area (Å²) in [6.07, 6.45) is 2.83. The number of aromatic nitrogens is 1. The van der Waals surface area contributed by atoms with E-state index < -0.39 is 5.91 Å². The first-order valence-corrected chi connectivity index (χ1v) is 5.66. The summed E-state index contributed by atoms with van der Waals surface area (Å²) in [5, 5.41) is 5.32. The maximum absolute atomic E-state index is 11.7. The number of hydrogen-bond donors (Lipinski definition) is 2. The molecular weight excluding hydrogens is 258 g/mol. The number of ether oxygens (including phenoxy) is 1. The van der Waals surface area contributed by atoms with E-state index in [-0.39, 0.29) is 18.0 Å². The van der Waals surface area contributed by atoms with Gasteiger partial charge in [-0.25, -0.2) is 0 Å². The van der Waals surface area contributed by atoms with E-state index >= 15 is 0 Å². The number of nitrogens with one attached hydrogen (secondary N) is 2. The van der Waals surface area contributed by atoms with Crippen LogP contribution in [-0.2, 0) is 9.53 Å². The first kappa shape index (κ1) is 14.4. The van der Waals surface area contributed by atoms with Gasteiger partial charge in [-0.05, 0) is 6.07 Å². The second-order valence-corrected chi connectivity index (χ2v) is 3.79. The molecule has 0 aliphatic rings. The normalized spacial score (nSPS) is 9.89. The van der Waals surface area contributed by atoms with E-state index in [0.29, 0.717) is 18.2 Å². The third-order valence-corrected chi connectivity index (χ3v) is 2.38. The molecule has 0 aliphatic carbocycles. The van der Waals surface area contributed by atoms with Crippen molar-refractivity contribution in [2.45, 2.75) is 0 Å². The molecule has 2 amide bonds. The van der Waals surface area contributed by atoms with Crippen LogP contribution in [-0.4, -0.2) is 43.6 Å². The van der Waals surface area contributed by atoms with Gasteiger partial charge in [-0.2, -0.15) is 0 Å². The van der Waals surface area contributed by atoms with Crippen LogP contribution in [0.15, 0.2) is 18.5 Å². The van der Waals surface area contributed by atoms with Crippen molar-refractivity contribution in [1.29, 1.82) is 0 Å². The highest BCUT2D eigenvalue weighted by molar-refractivity contribution is 6.33. The average Bonchev–Trinajstić information content (AvgIpc) is 2.37. The largest absolute Gasteiger partial charge is 0.383 e. The Morgan fingerprint density at radius 2 is 2.22 bits per heavy atom. The molecule has 1 aromatic heterocycles. The number of pyridine rings is 1. The Morgan fingerprint density at radius 1 is 1.44 bits per heavy atom. The Hall–Kier alpha value is -1.66. The molecule has 1 rings (SSSR count). The molecule has 98 valence electrons. The quantitative estimate of drug-likeness (QED) is 0.726. The fraction of sp³-hybridized carbons (Fsp3) is 0.364. The van der Waals surface area contributed by atoms with Gasteiger partial charge in [0.1, 0.15) is 0 Å². The first-order chi connectivity index (χ1) is 8.65. The molecule has 0 aromatic carbocycles. The number of nitrogens with zero attached hydrogens (tertiary/aromatic N) is 1. The van der Waals surface area contributed by atoms with Gasteiger partial charge >= 0.3 is 0 Å². The first-order valence-electron chi connectivity index (χ1n) is 5.28. The summed E-state index contributed by atoms with van der Waals surface area (Å²) < 4.78 is 4.78. The number of hydrogen-bond acceptors (Lipinski definition) is 4. The molecule has 0 atom stereocenters. The summed E-state index contributed by atoms with van der Waals surface area (Å²) in [6.45, 7) is 0.709. The van der Waals surface area contributed by atoms with Crippen molar-refractivity contribution in [3.63, 3.8) is 0 Å². The van der Waals surface area contributed by atoms with Crippen molar-refractivity contribution in [3.05, 3.63) is 29.0 Å².